The van der Waals surface area contributed by atoms with Crippen molar-refractivity contribution >= 4 is 5.91 Å². The van der Waals surface area contributed by atoms with E-state index >= 15 is 0 Å². The van der Waals surface area contributed by atoms with Gasteiger partial charge >= 0.3 is 0 Å². The third kappa shape index (κ3) is 4.39. The molecule has 148 valence electrons. The van der Waals surface area contributed by atoms with Crippen LogP contribution in [-0.2, 0) is 11.3 Å². The van der Waals surface area contributed by atoms with Crippen LogP contribution in [0.1, 0.15) is 31.7 Å². The first kappa shape index (κ1) is 20.0. The van der Waals surface area contributed by atoms with Gasteiger partial charge in [0.05, 0.1) is 17.8 Å². The standard InChI is InChI=1S/C12H13FN2.C9H13N3O/c1-3-15-12(6-7-14-15)10-5-4-9(2)11(13)8-10;10-3-4-11-9(13)8-6-1-2-7(5-6)12-8/h4-8H,3H2,1-2H3;6-8,12H,1-2,4-5H2,(H,11,13)/t;6?,7-,8+/m.1/s1. The maximum absolute atomic E-state index is 13.4. The SMILES string of the molecule is CCn1nccc1-c1ccc(C)c(F)c1.N#CCNC(=O)[C@H]1N[C@@H]2CCC1C2. The van der Waals surface area contributed by atoms with Crippen molar-refractivity contribution in [3.8, 4) is 17.3 Å². The molecule has 1 saturated heterocycles. The third-order valence-corrected chi connectivity index (χ3v) is 5.47. The largest absolute Gasteiger partial charge is 0.342 e. The fourth-order valence-electron chi connectivity index (χ4n) is 3.97. The van der Waals surface area contributed by atoms with Crippen molar-refractivity contribution in [2.75, 3.05) is 6.54 Å². The molecule has 1 amide bonds. The first-order valence-electron chi connectivity index (χ1n) is 9.72. The minimum atomic E-state index is -0.170. The number of nitrogens with one attached hydrogen (secondary N) is 2. The highest BCUT2D eigenvalue weighted by atomic mass is 19.1. The number of hydrogen-bond donors (Lipinski definition) is 2. The molecule has 7 heteroatoms. The lowest BCUT2D eigenvalue weighted by atomic mass is 9.99. The van der Waals surface area contributed by atoms with E-state index < -0.39 is 0 Å². The minimum Gasteiger partial charge on any atom is -0.342 e. The zero-order valence-corrected chi connectivity index (χ0v) is 16.3. The number of carbonyl (C=O) groups excluding carboxylic acids is 1. The van der Waals surface area contributed by atoms with Crippen LogP contribution in [0.3, 0.4) is 0 Å². The van der Waals surface area contributed by atoms with Crippen molar-refractivity contribution < 1.29 is 9.18 Å². The van der Waals surface area contributed by atoms with Crippen LogP contribution in [0, 0.1) is 30.0 Å². The molecule has 3 atom stereocenters. The zero-order valence-electron chi connectivity index (χ0n) is 16.3. The number of nitriles is 1. The summed E-state index contributed by atoms with van der Waals surface area (Å²) in [6.45, 7) is 4.68. The van der Waals surface area contributed by atoms with Gasteiger partial charge in [0.2, 0.25) is 5.91 Å². The summed E-state index contributed by atoms with van der Waals surface area (Å²) in [7, 11) is 0. The Labute approximate surface area is 164 Å². The summed E-state index contributed by atoms with van der Waals surface area (Å²) in [5.74, 6) is 0.328. The second kappa shape index (κ2) is 8.98. The van der Waals surface area contributed by atoms with Gasteiger partial charge < -0.3 is 10.6 Å². The molecule has 2 bridgehead atoms. The zero-order chi connectivity index (χ0) is 20.1. The van der Waals surface area contributed by atoms with E-state index in [2.05, 4.69) is 15.7 Å². The van der Waals surface area contributed by atoms with Crippen LogP contribution in [0.4, 0.5) is 4.39 Å². The molecular weight excluding hydrogens is 357 g/mol. The van der Waals surface area contributed by atoms with Crippen molar-refractivity contribution in [3.63, 3.8) is 0 Å². The first-order chi connectivity index (χ1) is 13.5. The number of carbonyl (C=O) groups is 1. The number of amides is 1. The van der Waals surface area contributed by atoms with Gasteiger partial charge in [0.25, 0.3) is 0 Å². The van der Waals surface area contributed by atoms with Crippen molar-refractivity contribution in [1.29, 1.82) is 5.26 Å². The molecule has 2 heterocycles. The Kier molecular flexibility index (Phi) is 6.42. The number of aromatic nitrogens is 2. The highest BCUT2D eigenvalue weighted by Gasteiger charge is 2.42. The van der Waals surface area contributed by atoms with Gasteiger partial charge in [-0.3, -0.25) is 9.48 Å². The first-order valence-corrected chi connectivity index (χ1v) is 9.72. The lowest BCUT2D eigenvalue weighted by Gasteiger charge is -2.21. The summed E-state index contributed by atoms with van der Waals surface area (Å²) in [6.07, 6.45) is 5.22. The molecule has 28 heavy (non-hydrogen) atoms. The number of hydrogen-bond acceptors (Lipinski definition) is 4. The van der Waals surface area contributed by atoms with Crippen LogP contribution in [0.15, 0.2) is 30.5 Å². The van der Waals surface area contributed by atoms with E-state index in [1.165, 1.54) is 6.42 Å². The molecule has 2 fully saturated rings. The van der Waals surface area contributed by atoms with Crippen LogP contribution < -0.4 is 10.6 Å². The predicted octanol–water partition coefficient (Wildman–Crippen LogP) is 2.78. The number of rotatable bonds is 4. The van der Waals surface area contributed by atoms with Crippen molar-refractivity contribution in [2.45, 2.75) is 51.7 Å². The second-order valence-electron chi connectivity index (χ2n) is 7.29. The van der Waals surface area contributed by atoms with Crippen LogP contribution >= 0.6 is 0 Å². The van der Waals surface area contributed by atoms with Crippen LogP contribution in [0.2, 0.25) is 0 Å². The van der Waals surface area contributed by atoms with Crippen molar-refractivity contribution in [1.82, 2.24) is 20.4 Å². The molecule has 0 spiro atoms. The predicted molar refractivity (Wildman–Crippen MR) is 105 cm³/mol. The Hall–Kier alpha value is -2.72. The average Bonchev–Trinajstić information content (AvgIpc) is 3.45. The number of piperidine rings is 1. The molecule has 4 rings (SSSR count). The lowest BCUT2D eigenvalue weighted by molar-refractivity contribution is -0.123. The van der Waals surface area contributed by atoms with Gasteiger partial charge in [-0.25, -0.2) is 4.39 Å². The van der Waals surface area contributed by atoms with E-state index in [9.17, 15) is 9.18 Å². The molecule has 2 aliphatic rings. The van der Waals surface area contributed by atoms with Gasteiger partial charge in [0, 0.05) is 24.3 Å². The minimum absolute atomic E-state index is 0.00579. The highest BCUT2D eigenvalue weighted by molar-refractivity contribution is 5.82. The van der Waals surface area contributed by atoms with E-state index in [-0.39, 0.29) is 24.3 Å². The monoisotopic (exact) mass is 383 g/mol. The summed E-state index contributed by atoms with van der Waals surface area (Å²) in [5.41, 5.74) is 2.50. The summed E-state index contributed by atoms with van der Waals surface area (Å²) in [5, 5.41) is 18.3. The molecule has 1 aliphatic heterocycles. The van der Waals surface area contributed by atoms with Crippen molar-refractivity contribution in [2.24, 2.45) is 5.92 Å². The van der Waals surface area contributed by atoms with E-state index in [0.29, 0.717) is 17.5 Å². The van der Waals surface area contributed by atoms with E-state index in [1.54, 1.807) is 25.3 Å². The second-order valence-corrected chi connectivity index (χ2v) is 7.29. The molecule has 1 unspecified atom stereocenters. The van der Waals surface area contributed by atoms with Crippen LogP contribution in [-0.4, -0.2) is 34.3 Å². The number of benzene rings is 1. The molecular formula is C21H26FN5O. The number of fused-ring (bicyclic) bond motifs is 2. The Morgan fingerprint density at radius 3 is 2.86 bits per heavy atom. The molecule has 2 N–H and O–H groups in total. The summed E-state index contributed by atoms with van der Waals surface area (Å²) in [6, 6.07) is 9.57. The fourth-order valence-corrected chi connectivity index (χ4v) is 3.97. The molecule has 6 nitrogen and oxygen atoms in total. The Morgan fingerprint density at radius 2 is 2.25 bits per heavy atom. The highest BCUT2D eigenvalue weighted by Crippen LogP contribution is 2.35. The fraction of sp³-hybridized carbons (Fsp3) is 0.476. The molecule has 1 aliphatic carbocycles. The average molecular weight is 383 g/mol. The van der Waals surface area contributed by atoms with E-state index in [0.717, 1.165) is 30.6 Å². The third-order valence-electron chi connectivity index (χ3n) is 5.47. The lowest BCUT2D eigenvalue weighted by Crippen LogP contribution is -2.47. The van der Waals surface area contributed by atoms with Crippen LogP contribution in [0.25, 0.3) is 11.3 Å². The van der Waals surface area contributed by atoms with Gasteiger partial charge in [0.1, 0.15) is 12.4 Å². The molecule has 0 radical (unpaired) electrons. The van der Waals surface area contributed by atoms with Gasteiger partial charge in [-0.1, -0.05) is 12.1 Å². The van der Waals surface area contributed by atoms with E-state index in [4.69, 9.17) is 5.26 Å². The number of nitrogens with zero attached hydrogens (tertiary/aromatic N) is 3. The summed E-state index contributed by atoms with van der Waals surface area (Å²) in [4.78, 5) is 11.5. The topological polar surface area (TPSA) is 82.7 Å². The summed E-state index contributed by atoms with van der Waals surface area (Å²) < 4.78 is 15.2. The molecule has 2 aromatic rings. The van der Waals surface area contributed by atoms with Crippen molar-refractivity contribution in [3.05, 3.63) is 41.8 Å². The van der Waals surface area contributed by atoms with Gasteiger partial charge in [-0.05, 0) is 56.7 Å². The normalized spacial score (nSPS) is 22.3. The van der Waals surface area contributed by atoms with E-state index in [1.807, 2.05) is 29.8 Å². The molecule has 1 saturated carbocycles. The van der Waals surface area contributed by atoms with Gasteiger partial charge in [-0.15, -0.1) is 0 Å². The van der Waals surface area contributed by atoms with Gasteiger partial charge in [-0.2, -0.15) is 10.4 Å². The Bertz CT molecular complexity index is 872. The van der Waals surface area contributed by atoms with Crippen LogP contribution in [0.5, 0.6) is 0 Å². The maximum atomic E-state index is 13.4. The maximum Gasteiger partial charge on any atom is 0.238 e. The quantitative estimate of drug-likeness (QED) is 0.796. The summed E-state index contributed by atoms with van der Waals surface area (Å²) >= 11 is 0. The molecule has 1 aromatic heterocycles. The van der Waals surface area contributed by atoms with Gasteiger partial charge in [0.15, 0.2) is 0 Å². The Balaban J connectivity index is 0.000000162. The number of aryl methyl sites for hydroxylation is 2. The smallest absolute Gasteiger partial charge is 0.238 e. The number of halogens is 1. The Morgan fingerprint density at radius 1 is 1.43 bits per heavy atom. The molecule has 1 aromatic carbocycles.